The van der Waals surface area contributed by atoms with Gasteiger partial charge < -0.3 is 18.9 Å². The number of carbonyl (C=O) groups is 1. The third-order valence-electron chi connectivity index (χ3n) is 4.95. The highest BCUT2D eigenvalue weighted by Gasteiger charge is 2.46. The van der Waals surface area contributed by atoms with Crippen molar-refractivity contribution >= 4 is 5.91 Å². The standard InChI is InChI=1S/C18H20FN3O3/c1-21-9-3-5-14(21)18(23)22-10-11-24-15-7-6-13(22)16(15)25-17-12(19)4-2-8-20-17/h2-5,8-9,13,15-16H,6-7,10-11H2,1H3/t13-,15-,16+/m0/s1. The van der Waals surface area contributed by atoms with Crippen LogP contribution in [0.1, 0.15) is 23.3 Å². The number of rotatable bonds is 3. The number of ether oxygens (including phenoxy) is 2. The Hall–Kier alpha value is -2.41. The molecule has 6 nitrogen and oxygen atoms in total. The average molecular weight is 345 g/mol. The van der Waals surface area contributed by atoms with Crippen LogP contribution in [0, 0.1) is 5.82 Å². The molecule has 1 saturated carbocycles. The van der Waals surface area contributed by atoms with Crippen LogP contribution < -0.4 is 4.74 Å². The fourth-order valence-corrected chi connectivity index (χ4v) is 3.71. The fourth-order valence-electron chi connectivity index (χ4n) is 3.71. The van der Waals surface area contributed by atoms with E-state index in [-0.39, 0.29) is 23.9 Å². The number of hydrogen-bond acceptors (Lipinski definition) is 4. The molecular weight excluding hydrogens is 325 g/mol. The Kier molecular flexibility index (Phi) is 4.17. The van der Waals surface area contributed by atoms with E-state index in [1.165, 1.54) is 18.3 Å². The van der Waals surface area contributed by atoms with Gasteiger partial charge in [0.1, 0.15) is 11.8 Å². The van der Waals surface area contributed by atoms with Crippen LogP contribution in [0.15, 0.2) is 36.7 Å². The average Bonchev–Trinajstić information content (AvgIpc) is 3.13. The van der Waals surface area contributed by atoms with Gasteiger partial charge in [0.2, 0.25) is 0 Å². The molecule has 2 aliphatic rings. The minimum Gasteiger partial charge on any atom is -0.467 e. The summed E-state index contributed by atoms with van der Waals surface area (Å²) in [5.74, 6) is -0.605. The van der Waals surface area contributed by atoms with Crippen LogP contribution in [0.4, 0.5) is 4.39 Å². The molecule has 132 valence electrons. The summed E-state index contributed by atoms with van der Waals surface area (Å²) >= 11 is 0. The smallest absolute Gasteiger partial charge is 0.270 e. The number of halogens is 1. The zero-order valence-corrected chi connectivity index (χ0v) is 14.0. The number of nitrogens with zero attached hydrogens (tertiary/aromatic N) is 3. The molecule has 2 bridgehead atoms. The second-order valence-electron chi connectivity index (χ2n) is 6.43. The summed E-state index contributed by atoms with van der Waals surface area (Å²) in [6.45, 7) is 0.942. The first-order valence-electron chi connectivity index (χ1n) is 8.46. The Bertz CT molecular complexity index is 778. The van der Waals surface area contributed by atoms with Crippen LogP contribution in [0.2, 0.25) is 0 Å². The minimum absolute atomic E-state index is 0.0406. The lowest BCUT2D eigenvalue weighted by Crippen LogP contribution is -2.48. The van der Waals surface area contributed by atoms with E-state index in [2.05, 4.69) is 4.98 Å². The number of hydrogen-bond donors (Lipinski definition) is 0. The van der Waals surface area contributed by atoms with Crippen molar-refractivity contribution in [3.05, 3.63) is 48.2 Å². The first kappa shape index (κ1) is 16.1. The predicted molar refractivity (Wildman–Crippen MR) is 87.8 cm³/mol. The molecule has 7 heteroatoms. The van der Waals surface area contributed by atoms with Crippen molar-refractivity contribution in [2.45, 2.75) is 31.1 Å². The Morgan fingerprint density at radius 2 is 2.24 bits per heavy atom. The maximum absolute atomic E-state index is 13.9. The molecule has 4 rings (SSSR count). The van der Waals surface area contributed by atoms with E-state index in [4.69, 9.17) is 9.47 Å². The van der Waals surface area contributed by atoms with Crippen LogP contribution in [0.5, 0.6) is 5.88 Å². The number of amides is 1. The zero-order valence-electron chi connectivity index (χ0n) is 14.0. The normalized spacial score (nSPS) is 25.7. The van der Waals surface area contributed by atoms with Gasteiger partial charge in [-0.2, -0.15) is 0 Å². The predicted octanol–water partition coefficient (Wildman–Crippen LogP) is 2.01. The van der Waals surface area contributed by atoms with Crippen molar-refractivity contribution in [1.29, 1.82) is 0 Å². The van der Waals surface area contributed by atoms with Crippen molar-refractivity contribution in [2.75, 3.05) is 13.2 Å². The first-order valence-corrected chi connectivity index (χ1v) is 8.46. The number of pyridine rings is 1. The highest BCUT2D eigenvalue weighted by atomic mass is 19.1. The highest BCUT2D eigenvalue weighted by molar-refractivity contribution is 5.93. The molecule has 2 aromatic rings. The van der Waals surface area contributed by atoms with E-state index < -0.39 is 11.9 Å². The van der Waals surface area contributed by atoms with E-state index in [0.29, 0.717) is 18.8 Å². The molecule has 0 radical (unpaired) electrons. The molecule has 1 aliphatic carbocycles. The summed E-state index contributed by atoms with van der Waals surface area (Å²) in [5, 5.41) is 0. The van der Waals surface area contributed by atoms with Gasteiger partial charge in [-0.3, -0.25) is 4.79 Å². The Morgan fingerprint density at radius 3 is 3.00 bits per heavy atom. The van der Waals surface area contributed by atoms with E-state index in [9.17, 15) is 9.18 Å². The number of aromatic nitrogens is 2. The Balaban J connectivity index is 1.61. The molecule has 0 unspecified atom stereocenters. The number of carbonyl (C=O) groups excluding carboxylic acids is 1. The largest absolute Gasteiger partial charge is 0.467 e. The van der Waals surface area contributed by atoms with Crippen LogP contribution in [0.25, 0.3) is 0 Å². The lowest BCUT2D eigenvalue weighted by Gasteiger charge is -2.31. The summed E-state index contributed by atoms with van der Waals surface area (Å²) in [6, 6.07) is 6.32. The molecular formula is C18H20FN3O3. The summed E-state index contributed by atoms with van der Waals surface area (Å²) in [5.41, 5.74) is 0.619. The summed E-state index contributed by atoms with van der Waals surface area (Å²) in [4.78, 5) is 18.8. The zero-order chi connectivity index (χ0) is 17.4. The van der Waals surface area contributed by atoms with Gasteiger partial charge in [-0.25, -0.2) is 9.37 Å². The molecule has 3 heterocycles. The Morgan fingerprint density at radius 1 is 1.36 bits per heavy atom. The van der Waals surface area contributed by atoms with Crippen molar-refractivity contribution in [3.63, 3.8) is 0 Å². The van der Waals surface area contributed by atoms with Crippen LogP contribution in [0.3, 0.4) is 0 Å². The highest BCUT2D eigenvalue weighted by Crippen LogP contribution is 2.33. The molecule has 0 aromatic carbocycles. The molecule has 0 N–H and O–H groups in total. The third-order valence-corrected chi connectivity index (χ3v) is 4.95. The number of fused-ring (bicyclic) bond motifs is 2. The molecule has 0 spiro atoms. The van der Waals surface area contributed by atoms with Gasteiger partial charge in [0, 0.05) is 26.0 Å². The van der Waals surface area contributed by atoms with Gasteiger partial charge in [-0.05, 0) is 37.1 Å². The molecule has 3 atom stereocenters. The lowest BCUT2D eigenvalue weighted by molar-refractivity contribution is 0.000299. The van der Waals surface area contributed by atoms with Crippen LogP contribution in [-0.4, -0.2) is 51.8 Å². The monoisotopic (exact) mass is 345 g/mol. The van der Waals surface area contributed by atoms with E-state index in [0.717, 1.165) is 12.8 Å². The van der Waals surface area contributed by atoms with Gasteiger partial charge in [0.05, 0.1) is 18.8 Å². The van der Waals surface area contributed by atoms with Gasteiger partial charge in [0.15, 0.2) is 5.82 Å². The van der Waals surface area contributed by atoms with Gasteiger partial charge in [-0.15, -0.1) is 0 Å². The van der Waals surface area contributed by atoms with Gasteiger partial charge in [-0.1, -0.05) is 0 Å². The maximum Gasteiger partial charge on any atom is 0.270 e. The molecule has 2 fully saturated rings. The van der Waals surface area contributed by atoms with Gasteiger partial charge in [0.25, 0.3) is 11.8 Å². The van der Waals surface area contributed by atoms with E-state index in [1.807, 2.05) is 19.3 Å². The quantitative estimate of drug-likeness (QED) is 0.854. The second kappa shape index (κ2) is 6.48. The third kappa shape index (κ3) is 2.89. The Labute approximate surface area is 145 Å². The van der Waals surface area contributed by atoms with Crippen molar-refractivity contribution < 1.29 is 18.7 Å². The van der Waals surface area contributed by atoms with E-state index >= 15 is 0 Å². The SMILES string of the molecule is Cn1cccc1C(=O)N1CCO[C@H]2CC[C@H]1[C@H]2Oc1ncccc1F. The molecule has 1 aliphatic heterocycles. The summed E-state index contributed by atoms with van der Waals surface area (Å²) in [7, 11) is 1.84. The van der Waals surface area contributed by atoms with Crippen molar-refractivity contribution in [1.82, 2.24) is 14.5 Å². The van der Waals surface area contributed by atoms with E-state index in [1.54, 1.807) is 15.5 Å². The maximum atomic E-state index is 13.9. The van der Waals surface area contributed by atoms with Gasteiger partial charge >= 0.3 is 0 Å². The molecule has 2 aromatic heterocycles. The molecule has 1 amide bonds. The van der Waals surface area contributed by atoms with Crippen molar-refractivity contribution in [3.8, 4) is 5.88 Å². The summed E-state index contributed by atoms with van der Waals surface area (Å²) in [6.07, 6.45) is 4.30. The molecule has 1 saturated heterocycles. The number of aryl methyl sites for hydroxylation is 1. The van der Waals surface area contributed by atoms with Crippen LogP contribution in [-0.2, 0) is 11.8 Å². The first-order chi connectivity index (χ1) is 12.1. The topological polar surface area (TPSA) is 56.6 Å². The van der Waals surface area contributed by atoms with Crippen molar-refractivity contribution in [2.24, 2.45) is 7.05 Å². The molecule has 25 heavy (non-hydrogen) atoms. The fraction of sp³-hybridized carbons (Fsp3) is 0.444. The van der Waals surface area contributed by atoms with Crippen LogP contribution >= 0.6 is 0 Å². The summed E-state index contributed by atoms with van der Waals surface area (Å²) < 4.78 is 27.5. The lowest BCUT2D eigenvalue weighted by atomic mass is 10.1. The minimum atomic E-state index is -0.508. The second-order valence-corrected chi connectivity index (χ2v) is 6.43.